The van der Waals surface area contributed by atoms with E-state index in [1.54, 1.807) is 0 Å². The van der Waals surface area contributed by atoms with Gasteiger partial charge in [-0.25, -0.2) is 0 Å². The summed E-state index contributed by atoms with van der Waals surface area (Å²) in [6.07, 6.45) is 2.09. The van der Waals surface area contributed by atoms with Gasteiger partial charge in [0.2, 0.25) is 5.24 Å². The number of ether oxygens (including phenoxy) is 1. The third-order valence-corrected chi connectivity index (χ3v) is 5.19. The van der Waals surface area contributed by atoms with Crippen molar-refractivity contribution in [2.45, 2.75) is 84.7 Å². The molecular weight excluding hydrogens is 308 g/mol. The Hall–Kier alpha value is -1.02. The molecule has 1 aromatic rings. The third kappa shape index (κ3) is 5.24. The number of benzene rings is 1. The normalized spacial score (nSPS) is 13.7. The van der Waals surface area contributed by atoms with E-state index in [1.807, 2.05) is 6.92 Å². The average Bonchev–Trinajstić information content (AvgIpc) is 2.46. The van der Waals surface area contributed by atoms with Crippen molar-refractivity contribution in [3.63, 3.8) is 0 Å². The highest BCUT2D eigenvalue weighted by atomic mass is 35.5. The van der Waals surface area contributed by atoms with Crippen molar-refractivity contribution in [1.29, 1.82) is 0 Å². The Morgan fingerprint density at radius 1 is 1.13 bits per heavy atom. The van der Waals surface area contributed by atoms with Crippen LogP contribution in [-0.2, 0) is 15.6 Å². The highest BCUT2D eigenvalue weighted by Gasteiger charge is 2.27. The molecule has 2 nitrogen and oxygen atoms in total. The fourth-order valence-electron chi connectivity index (χ4n) is 2.46. The van der Waals surface area contributed by atoms with Gasteiger partial charge in [0, 0.05) is 5.56 Å². The van der Waals surface area contributed by atoms with Gasteiger partial charge < -0.3 is 4.74 Å². The van der Waals surface area contributed by atoms with Crippen LogP contribution in [0.25, 0.3) is 0 Å². The first-order chi connectivity index (χ1) is 10.5. The molecule has 0 spiro atoms. The fourth-order valence-corrected chi connectivity index (χ4v) is 2.68. The van der Waals surface area contributed by atoms with E-state index < -0.39 is 0 Å². The maximum Gasteiger partial charge on any atom is 0.225 e. The van der Waals surface area contributed by atoms with Crippen LogP contribution in [0.15, 0.2) is 18.2 Å². The van der Waals surface area contributed by atoms with E-state index >= 15 is 0 Å². The Labute approximate surface area is 146 Å². The Balaban J connectivity index is 3.27. The molecule has 0 N–H and O–H groups in total. The van der Waals surface area contributed by atoms with Crippen LogP contribution in [0.3, 0.4) is 0 Å². The lowest BCUT2D eigenvalue weighted by molar-refractivity contribution is -0.112. The van der Waals surface area contributed by atoms with Crippen LogP contribution in [0.5, 0.6) is 5.75 Å². The lowest BCUT2D eigenvalue weighted by Crippen LogP contribution is -2.23. The summed E-state index contributed by atoms with van der Waals surface area (Å²) in [6, 6.07) is 6.47. The molecule has 23 heavy (non-hydrogen) atoms. The molecule has 0 saturated carbocycles. The predicted octanol–water partition coefficient (Wildman–Crippen LogP) is 5.98. The van der Waals surface area contributed by atoms with Gasteiger partial charge in [-0.1, -0.05) is 53.7 Å². The second-order valence-electron chi connectivity index (χ2n) is 7.67. The molecule has 0 aliphatic rings. The highest BCUT2D eigenvalue weighted by Crippen LogP contribution is 2.38. The lowest BCUT2D eigenvalue weighted by Gasteiger charge is -2.31. The van der Waals surface area contributed by atoms with E-state index in [9.17, 15) is 4.79 Å². The van der Waals surface area contributed by atoms with E-state index in [2.05, 4.69) is 59.7 Å². The molecule has 1 atom stereocenters. The van der Waals surface area contributed by atoms with Gasteiger partial charge in [-0.05, 0) is 53.8 Å². The van der Waals surface area contributed by atoms with E-state index in [0.29, 0.717) is 0 Å². The van der Waals surface area contributed by atoms with Gasteiger partial charge in [0.05, 0.1) is 6.42 Å². The topological polar surface area (TPSA) is 26.3 Å². The van der Waals surface area contributed by atoms with Crippen molar-refractivity contribution in [2.75, 3.05) is 0 Å². The summed E-state index contributed by atoms with van der Waals surface area (Å²) in [6.45, 7) is 15.3. The van der Waals surface area contributed by atoms with Crippen molar-refractivity contribution in [3.8, 4) is 5.75 Å². The standard InChI is InChI=1S/C20H31ClO2/c1-8-19(4,5)15-10-11-17(23-14(3)12-18(21)22)16(13-15)20(6,7)9-2/h10-11,13-14H,8-9,12H2,1-7H3. The first-order valence-electron chi connectivity index (χ1n) is 8.53. The molecule has 1 aromatic carbocycles. The molecule has 0 aliphatic carbocycles. The maximum absolute atomic E-state index is 11.1. The second kappa shape index (κ2) is 7.70. The Morgan fingerprint density at radius 2 is 1.70 bits per heavy atom. The molecule has 0 heterocycles. The van der Waals surface area contributed by atoms with Crippen molar-refractivity contribution < 1.29 is 9.53 Å². The minimum absolute atomic E-state index is 0.0137. The molecule has 0 aromatic heterocycles. The van der Waals surface area contributed by atoms with Crippen LogP contribution in [0.4, 0.5) is 0 Å². The van der Waals surface area contributed by atoms with Gasteiger partial charge in [0.15, 0.2) is 0 Å². The summed E-state index contributed by atoms with van der Waals surface area (Å²) in [4.78, 5) is 11.1. The summed E-state index contributed by atoms with van der Waals surface area (Å²) >= 11 is 5.48. The molecule has 0 amide bonds. The highest BCUT2D eigenvalue weighted by molar-refractivity contribution is 6.63. The van der Waals surface area contributed by atoms with Crippen LogP contribution in [0.2, 0.25) is 0 Å². The van der Waals surface area contributed by atoms with Crippen LogP contribution < -0.4 is 4.74 Å². The maximum atomic E-state index is 11.1. The molecule has 3 heteroatoms. The van der Waals surface area contributed by atoms with Crippen LogP contribution in [0.1, 0.15) is 78.9 Å². The molecule has 130 valence electrons. The predicted molar refractivity (Wildman–Crippen MR) is 98.6 cm³/mol. The first-order valence-corrected chi connectivity index (χ1v) is 8.91. The van der Waals surface area contributed by atoms with E-state index in [-0.39, 0.29) is 28.6 Å². The minimum Gasteiger partial charge on any atom is -0.490 e. The van der Waals surface area contributed by atoms with Gasteiger partial charge in [0.25, 0.3) is 0 Å². The summed E-state index contributed by atoms with van der Waals surface area (Å²) in [5.74, 6) is 0.859. The van der Waals surface area contributed by atoms with Crippen molar-refractivity contribution in [3.05, 3.63) is 29.3 Å². The van der Waals surface area contributed by atoms with Gasteiger partial charge in [-0.2, -0.15) is 0 Å². The largest absolute Gasteiger partial charge is 0.490 e. The molecule has 0 saturated heterocycles. The smallest absolute Gasteiger partial charge is 0.225 e. The number of carbonyl (C=O) groups excluding carboxylic acids is 1. The first kappa shape index (κ1) is 20.0. The summed E-state index contributed by atoms with van der Waals surface area (Å²) in [5.41, 5.74) is 2.67. The lowest BCUT2D eigenvalue weighted by atomic mass is 9.76. The number of halogens is 1. The van der Waals surface area contributed by atoms with E-state index in [0.717, 1.165) is 18.6 Å². The van der Waals surface area contributed by atoms with Gasteiger partial charge in [0.1, 0.15) is 11.9 Å². The van der Waals surface area contributed by atoms with E-state index in [4.69, 9.17) is 16.3 Å². The molecule has 0 aliphatic heterocycles. The Bertz CT molecular complexity index is 547. The SMILES string of the molecule is CCC(C)(C)c1ccc(OC(C)CC(=O)Cl)c(C(C)(C)CC)c1. The quantitative estimate of drug-likeness (QED) is 0.544. The zero-order chi connectivity index (χ0) is 17.8. The molecule has 0 fully saturated rings. The molecule has 0 bridgehead atoms. The van der Waals surface area contributed by atoms with Crippen LogP contribution >= 0.6 is 11.6 Å². The van der Waals surface area contributed by atoms with Crippen molar-refractivity contribution in [1.82, 2.24) is 0 Å². The molecule has 1 unspecified atom stereocenters. The zero-order valence-corrected chi connectivity index (χ0v) is 16.4. The van der Waals surface area contributed by atoms with Crippen molar-refractivity contribution >= 4 is 16.8 Å². The Kier molecular flexibility index (Phi) is 6.70. The van der Waals surface area contributed by atoms with E-state index in [1.165, 1.54) is 11.1 Å². The van der Waals surface area contributed by atoms with Gasteiger partial charge >= 0.3 is 0 Å². The average molecular weight is 339 g/mol. The van der Waals surface area contributed by atoms with Crippen molar-refractivity contribution in [2.24, 2.45) is 0 Å². The number of rotatable bonds is 8. The zero-order valence-electron chi connectivity index (χ0n) is 15.6. The number of hydrogen-bond acceptors (Lipinski definition) is 2. The van der Waals surface area contributed by atoms with Gasteiger partial charge in [-0.15, -0.1) is 0 Å². The minimum atomic E-state index is -0.363. The van der Waals surface area contributed by atoms with Crippen LogP contribution in [-0.4, -0.2) is 11.3 Å². The second-order valence-corrected chi connectivity index (χ2v) is 8.10. The molecular formula is C20H31ClO2. The number of carbonyl (C=O) groups is 1. The number of hydrogen-bond donors (Lipinski definition) is 0. The third-order valence-electron chi connectivity index (χ3n) is 5.03. The fraction of sp³-hybridized carbons (Fsp3) is 0.650. The van der Waals surface area contributed by atoms with Gasteiger partial charge in [-0.3, -0.25) is 4.79 Å². The molecule has 0 radical (unpaired) electrons. The molecule has 1 rings (SSSR count). The summed E-state index contributed by atoms with van der Waals surface area (Å²) in [7, 11) is 0. The summed E-state index contributed by atoms with van der Waals surface area (Å²) < 4.78 is 6.04. The monoisotopic (exact) mass is 338 g/mol. The van der Waals surface area contributed by atoms with Crippen LogP contribution in [0, 0.1) is 0 Å². The Morgan fingerprint density at radius 3 is 2.17 bits per heavy atom. The summed E-state index contributed by atoms with van der Waals surface area (Å²) in [5, 5.41) is -0.363.